The zero-order valence-electron chi connectivity index (χ0n) is 7.21. The van der Waals surface area contributed by atoms with E-state index in [1.54, 1.807) is 0 Å². The van der Waals surface area contributed by atoms with Gasteiger partial charge in [-0.05, 0) is 29.8 Å². The number of alkyl halides is 1. The number of benzene rings is 1. The van der Waals surface area contributed by atoms with Crippen LogP contribution in [-0.4, -0.2) is 18.9 Å². The molecule has 0 N–H and O–H groups in total. The maximum atomic E-state index is 13.1. The van der Waals surface area contributed by atoms with Gasteiger partial charge in [0.2, 0.25) is 0 Å². The molecule has 0 aliphatic heterocycles. The average molecular weight is 271 g/mol. The zero-order chi connectivity index (χ0) is 11.6. The molecule has 1 aromatic rings. The highest BCUT2D eigenvalue weighted by Gasteiger charge is 2.19. The number of carbonyl (C=O) groups is 1. The van der Waals surface area contributed by atoms with E-state index in [1.165, 1.54) is 0 Å². The predicted molar refractivity (Wildman–Crippen MR) is 54.5 cm³/mol. The molecule has 3 nitrogen and oxygen atoms in total. The van der Waals surface area contributed by atoms with Crippen molar-refractivity contribution < 1.29 is 17.6 Å². The van der Waals surface area contributed by atoms with Gasteiger partial charge >= 0.3 is 0 Å². The third-order valence-corrected chi connectivity index (χ3v) is 3.99. The monoisotopic (exact) mass is 270 g/mol. The van der Waals surface area contributed by atoms with E-state index in [0.29, 0.717) is 0 Å². The van der Waals surface area contributed by atoms with Crippen molar-refractivity contribution in [3.63, 3.8) is 0 Å². The quantitative estimate of drug-likeness (QED) is 0.625. The predicted octanol–water partition coefficient (Wildman–Crippen LogP) is 2.17. The summed E-state index contributed by atoms with van der Waals surface area (Å²) in [5.41, 5.74) is -0.0956. The van der Waals surface area contributed by atoms with Crippen LogP contribution in [0.1, 0.15) is 10.4 Å². The van der Waals surface area contributed by atoms with Crippen molar-refractivity contribution in [2.75, 3.05) is 5.21 Å². The molecule has 82 valence electrons. The van der Waals surface area contributed by atoms with Crippen molar-refractivity contribution in [2.24, 2.45) is 0 Å². The van der Waals surface area contributed by atoms with Gasteiger partial charge in [0.1, 0.15) is 15.9 Å². The van der Waals surface area contributed by atoms with E-state index in [4.69, 9.17) is 23.2 Å². The molecular weight excluding hydrogens is 266 g/mol. The van der Waals surface area contributed by atoms with Gasteiger partial charge in [0, 0.05) is 5.56 Å². The van der Waals surface area contributed by atoms with Crippen LogP contribution in [0.5, 0.6) is 0 Å². The average Bonchev–Trinajstić information content (AvgIpc) is 2.17. The topological polar surface area (TPSA) is 51.2 Å². The number of halogens is 3. The van der Waals surface area contributed by atoms with Gasteiger partial charge in [0.05, 0.1) is 0 Å². The number of hydrogen-bond acceptors (Lipinski definition) is 3. The van der Waals surface area contributed by atoms with Gasteiger partial charge in [-0.25, -0.2) is 12.8 Å². The molecule has 0 spiro atoms. The molecule has 0 bridgehead atoms. The van der Waals surface area contributed by atoms with Crippen LogP contribution in [0.3, 0.4) is 0 Å². The Labute approximate surface area is 95.7 Å². The lowest BCUT2D eigenvalue weighted by atomic mass is 10.2. The van der Waals surface area contributed by atoms with Gasteiger partial charge < -0.3 is 0 Å². The van der Waals surface area contributed by atoms with Crippen molar-refractivity contribution in [1.29, 1.82) is 0 Å². The minimum atomic E-state index is -3.91. The molecule has 0 saturated carbocycles. The molecule has 0 radical (unpaired) electrons. The van der Waals surface area contributed by atoms with Crippen LogP contribution in [-0.2, 0) is 9.84 Å². The first-order chi connectivity index (χ1) is 6.88. The lowest BCUT2D eigenvalue weighted by molar-refractivity contribution is 0.108. The van der Waals surface area contributed by atoms with Crippen molar-refractivity contribution in [2.45, 2.75) is 4.90 Å². The first kappa shape index (κ1) is 12.4. The Hall–Kier alpha value is -0.650. The van der Waals surface area contributed by atoms with Gasteiger partial charge in [0.15, 0.2) is 9.84 Å². The highest BCUT2D eigenvalue weighted by Crippen LogP contribution is 2.19. The molecular formula is C8H5Cl2FO3S. The van der Waals surface area contributed by atoms with Crippen LogP contribution in [0.15, 0.2) is 23.1 Å². The zero-order valence-corrected chi connectivity index (χ0v) is 9.53. The van der Waals surface area contributed by atoms with E-state index in [0.717, 1.165) is 18.2 Å². The Morgan fingerprint density at radius 2 is 2.00 bits per heavy atom. The third-order valence-electron chi connectivity index (χ3n) is 1.64. The maximum Gasteiger partial charge on any atom is 0.252 e. The molecule has 0 aliphatic carbocycles. The molecule has 0 atom stereocenters. The summed E-state index contributed by atoms with van der Waals surface area (Å²) >= 11 is 10.3. The van der Waals surface area contributed by atoms with E-state index in [1.807, 2.05) is 0 Å². The summed E-state index contributed by atoms with van der Waals surface area (Å²) < 4.78 is 35.7. The first-order valence-electron chi connectivity index (χ1n) is 3.66. The summed E-state index contributed by atoms with van der Waals surface area (Å²) in [6.07, 6.45) is 0. The van der Waals surface area contributed by atoms with E-state index < -0.39 is 31.0 Å². The van der Waals surface area contributed by atoms with E-state index in [2.05, 4.69) is 0 Å². The summed E-state index contributed by atoms with van der Waals surface area (Å²) in [5, 5.41) is -1.62. The largest absolute Gasteiger partial charge is 0.276 e. The van der Waals surface area contributed by atoms with Crippen LogP contribution in [0, 0.1) is 5.82 Å². The Balaban J connectivity index is 3.42. The van der Waals surface area contributed by atoms with Gasteiger partial charge in [-0.15, -0.1) is 11.6 Å². The van der Waals surface area contributed by atoms with Gasteiger partial charge in [0.25, 0.3) is 5.24 Å². The fraction of sp³-hybridized carbons (Fsp3) is 0.125. The molecule has 1 aromatic carbocycles. The third kappa shape index (κ3) is 2.68. The smallest absolute Gasteiger partial charge is 0.252 e. The van der Waals surface area contributed by atoms with Crippen LogP contribution in [0.4, 0.5) is 4.39 Å². The molecule has 7 heteroatoms. The number of rotatable bonds is 3. The van der Waals surface area contributed by atoms with Crippen LogP contribution in [0.25, 0.3) is 0 Å². The van der Waals surface area contributed by atoms with Crippen molar-refractivity contribution in [1.82, 2.24) is 0 Å². The summed E-state index contributed by atoms with van der Waals surface area (Å²) in [6.45, 7) is 0. The van der Waals surface area contributed by atoms with Crippen molar-refractivity contribution in [3.05, 3.63) is 29.6 Å². The van der Waals surface area contributed by atoms with E-state index in [9.17, 15) is 17.6 Å². The summed E-state index contributed by atoms with van der Waals surface area (Å²) in [4.78, 5) is 10.1. The van der Waals surface area contributed by atoms with Gasteiger partial charge in [-0.3, -0.25) is 4.79 Å². The Morgan fingerprint density at radius 3 is 2.47 bits per heavy atom. The highest BCUT2D eigenvalue weighted by molar-refractivity contribution is 7.92. The first-order valence-corrected chi connectivity index (χ1v) is 6.23. The standard InChI is InChI=1S/C8H5Cl2FO3S/c9-4-15(13,14)7-3-5(8(10)12)1-2-6(7)11/h1-3H,4H2. The summed E-state index contributed by atoms with van der Waals surface area (Å²) in [7, 11) is -3.91. The lowest BCUT2D eigenvalue weighted by Gasteiger charge is -2.03. The second-order valence-corrected chi connectivity index (χ2v) is 5.53. The molecule has 0 aromatic heterocycles. The van der Waals surface area contributed by atoms with Crippen molar-refractivity contribution in [3.8, 4) is 0 Å². The normalized spacial score (nSPS) is 11.4. The van der Waals surface area contributed by atoms with E-state index in [-0.39, 0.29) is 5.56 Å². The second kappa shape index (κ2) is 4.47. The molecule has 15 heavy (non-hydrogen) atoms. The highest BCUT2D eigenvalue weighted by atomic mass is 35.5. The second-order valence-electron chi connectivity index (χ2n) is 2.64. The van der Waals surface area contributed by atoms with Gasteiger partial charge in [-0.1, -0.05) is 0 Å². The molecule has 1 rings (SSSR count). The van der Waals surface area contributed by atoms with Gasteiger partial charge in [-0.2, -0.15) is 0 Å². The molecule has 0 aliphatic rings. The lowest BCUT2D eigenvalue weighted by Crippen LogP contribution is -2.06. The van der Waals surface area contributed by atoms with Crippen LogP contribution < -0.4 is 0 Å². The Morgan fingerprint density at radius 1 is 1.40 bits per heavy atom. The summed E-state index contributed by atoms with van der Waals surface area (Å²) in [6, 6.07) is 2.81. The SMILES string of the molecule is O=C(Cl)c1ccc(F)c(S(=O)(=O)CCl)c1. The van der Waals surface area contributed by atoms with Crippen LogP contribution in [0.2, 0.25) is 0 Å². The molecule has 0 amide bonds. The number of hydrogen-bond donors (Lipinski definition) is 0. The molecule has 0 fully saturated rings. The minimum Gasteiger partial charge on any atom is -0.276 e. The van der Waals surface area contributed by atoms with E-state index >= 15 is 0 Å². The number of sulfone groups is 1. The van der Waals surface area contributed by atoms with Crippen LogP contribution >= 0.6 is 23.2 Å². The Bertz CT molecular complexity index is 499. The number of carbonyl (C=O) groups excluding carboxylic acids is 1. The Kier molecular flexibility index (Phi) is 3.70. The molecule has 0 saturated heterocycles. The summed E-state index contributed by atoms with van der Waals surface area (Å²) in [5.74, 6) is -0.961. The van der Waals surface area contributed by atoms with Crippen molar-refractivity contribution >= 4 is 38.3 Å². The molecule has 0 unspecified atom stereocenters. The molecule has 0 heterocycles. The fourth-order valence-electron chi connectivity index (χ4n) is 0.923. The minimum absolute atomic E-state index is 0.0956. The maximum absolute atomic E-state index is 13.1. The fourth-order valence-corrected chi connectivity index (χ4v) is 2.18.